The van der Waals surface area contributed by atoms with Gasteiger partial charge in [0.15, 0.2) is 5.76 Å². The Bertz CT molecular complexity index is 631. The van der Waals surface area contributed by atoms with Gasteiger partial charge < -0.3 is 9.73 Å². The molecule has 1 unspecified atom stereocenters. The smallest absolute Gasteiger partial charge is 0.267 e. The number of hydrogen-bond donors (Lipinski definition) is 1. The van der Waals surface area contributed by atoms with Gasteiger partial charge in [0.1, 0.15) is 5.69 Å². The topological polar surface area (TPSA) is 77.1 Å². The van der Waals surface area contributed by atoms with E-state index in [1.807, 2.05) is 6.92 Å². The lowest BCUT2D eigenvalue weighted by molar-refractivity contribution is -0.120. The van der Waals surface area contributed by atoms with Gasteiger partial charge in [-0.2, -0.15) is 5.10 Å². The summed E-state index contributed by atoms with van der Waals surface area (Å²) in [7, 11) is 0. The molecule has 1 atom stereocenters. The van der Waals surface area contributed by atoms with Crippen LogP contribution in [0.15, 0.2) is 39.7 Å². The average Bonchev–Trinajstić information content (AvgIpc) is 2.99. The maximum Gasteiger partial charge on any atom is 0.267 e. The first-order valence-electron chi connectivity index (χ1n) is 6.52. The van der Waals surface area contributed by atoms with Crippen molar-refractivity contribution in [2.24, 2.45) is 0 Å². The summed E-state index contributed by atoms with van der Waals surface area (Å²) in [6.45, 7) is 3.97. The van der Waals surface area contributed by atoms with Gasteiger partial charge in [-0.15, -0.1) is 0 Å². The van der Waals surface area contributed by atoms with Crippen molar-refractivity contribution in [3.05, 3.63) is 40.9 Å². The number of furan rings is 1. The van der Waals surface area contributed by atoms with Gasteiger partial charge in [-0.3, -0.25) is 9.59 Å². The molecule has 0 radical (unpaired) electrons. The normalized spacial score (nSPS) is 12.1. The van der Waals surface area contributed by atoms with E-state index in [1.54, 1.807) is 31.4 Å². The lowest BCUT2D eigenvalue weighted by Crippen LogP contribution is -2.34. The number of nitrogens with zero attached hydrogens (tertiary/aromatic N) is 2. The second-order valence-corrected chi connectivity index (χ2v) is 4.49. The Morgan fingerprint density at radius 1 is 1.45 bits per heavy atom. The minimum Gasteiger partial charge on any atom is -0.463 e. The summed E-state index contributed by atoms with van der Waals surface area (Å²) in [5.41, 5.74) is 0.377. The van der Waals surface area contributed by atoms with E-state index in [9.17, 15) is 9.59 Å². The molecule has 0 saturated carbocycles. The van der Waals surface area contributed by atoms with Gasteiger partial charge in [0, 0.05) is 19.0 Å². The van der Waals surface area contributed by atoms with E-state index in [0.717, 1.165) is 0 Å². The number of rotatable bonds is 5. The van der Waals surface area contributed by atoms with Gasteiger partial charge in [0.25, 0.3) is 5.56 Å². The highest BCUT2D eigenvalue weighted by Crippen LogP contribution is 2.15. The molecular formula is C14H17N3O3. The second kappa shape index (κ2) is 6.18. The first-order chi connectivity index (χ1) is 9.61. The van der Waals surface area contributed by atoms with Crippen LogP contribution in [0.4, 0.5) is 0 Å². The summed E-state index contributed by atoms with van der Waals surface area (Å²) in [6.07, 6.45) is 1.97. The van der Waals surface area contributed by atoms with Crippen LogP contribution in [0, 0.1) is 0 Å². The number of carbonyl (C=O) groups is 1. The maximum absolute atomic E-state index is 11.9. The van der Waals surface area contributed by atoms with E-state index in [2.05, 4.69) is 10.4 Å². The lowest BCUT2D eigenvalue weighted by Gasteiger charge is -2.14. The van der Waals surface area contributed by atoms with Gasteiger partial charge in [0.05, 0.1) is 12.3 Å². The molecule has 2 heterocycles. The van der Waals surface area contributed by atoms with Gasteiger partial charge in [-0.25, -0.2) is 4.68 Å². The van der Waals surface area contributed by atoms with Crippen molar-refractivity contribution in [3.8, 4) is 11.5 Å². The van der Waals surface area contributed by atoms with Gasteiger partial charge in [-0.05, 0) is 25.1 Å². The number of amides is 1. The fraction of sp³-hybridized carbons (Fsp3) is 0.357. The Hall–Kier alpha value is -2.37. The van der Waals surface area contributed by atoms with Crippen molar-refractivity contribution >= 4 is 5.91 Å². The molecule has 0 saturated heterocycles. The van der Waals surface area contributed by atoms with Crippen molar-refractivity contribution in [2.75, 3.05) is 6.54 Å². The average molecular weight is 275 g/mol. The second-order valence-electron chi connectivity index (χ2n) is 4.49. The van der Waals surface area contributed by atoms with E-state index in [-0.39, 0.29) is 17.5 Å². The fourth-order valence-corrected chi connectivity index (χ4v) is 1.77. The van der Waals surface area contributed by atoms with Crippen LogP contribution in [0.5, 0.6) is 0 Å². The van der Waals surface area contributed by atoms with Crippen LogP contribution in [0.1, 0.15) is 26.3 Å². The number of carbonyl (C=O) groups excluding carboxylic acids is 1. The molecule has 20 heavy (non-hydrogen) atoms. The highest BCUT2D eigenvalue weighted by atomic mass is 16.3. The van der Waals surface area contributed by atoms with Crippen molar-refractivity contribution < 1.29 is 9.21 Å². The Labute approximate surface area is 116 Å². The van der Waals surface area contributed by atoms with Gasteiger partial charge in [-0.1, -0.05) is 6.92 Å². The summed E-state index contributed by atoms with van der Waals surface area (Å²) >= 11 is 0. The monoisotopic (exact) mass is 275 g/mol. The van der Waals surface area contributed by atoms with Crippen LogP contribution in [-0.2, 0) is 4.79 Å². The maximum atomic E-state index is 11.9. The van der Waals surface area contributed by atoms with Crippen LogP contribution in [0.3, 0.4) is 0 Å². The van der Waals surface area contributed by atoms with E-state index in [1.165, 1.54) is 10.7 Å². The van der Waals surface area contributed by atoms with Gasteiger partial charge >= 0.3 is 0 Å². The predicted octanol–water partition coefficient (Wildman–Crippen LogP) is 1.59. The van der Waals surface area contributed by atoms with Crippen molar-refractivity contribution in [1.82, 2.24) is 15.1 Å². The lowest BCUT2D eigenvalue weighted by atomic mass is 10.3. The van der Waals surface area contributed by atoms with Crippen LogP contribution >= 0.6 is 0 Å². The molecule has 0 spiro atoms. The standard InChI is InChI=1S/C14H17N3O3/c1-3-13(18)15-9-10(2)17-14(19)7-6-11(16-17)12-5-4-8-20-12/h4-8,10H,3,9H2,1-2H3,(H,15,18). The Kier molecular flexibility index (Phi) is 4.34. The zero-order chi connectivity index (χ0) is 14.5. The molecule has 0 aliphatic carbocycles. The first kappa shape index (κ1) is 14.0. The Morgan fingerprint density at radius 3 is 2.90 bits per heavy atom. The molecule has 0 aliphatic rings. The highest BCUT2D eigenvalue weighted by Gasteiger charge is 2.11. The molecule has 1 N–H and O–H groups in total. The number of nitrogens with one attached hydrogen (secondary N) is 1. The molecule has 0 bridgehead atoms. The molecule has 0 aromatic carbocycles. The first-order valence-corrected chi connectivity index (χ1v) is 6.52. The molecule has 6 nitrogen and oxygen atoms in total. The molecule has 2 rings (SSSR count). The highest BCUT2D eigenvalue weighted by molar-refractivity contribution is 5.75. The number of aromatic nitrogens is 2. The molecule has 6 heteroatoms. The molecular weight excluding hydrogens is 258 g/mol. The minimum atomic E-state index is -0.229. The van der Waals surface area contributed by atoms with E-state index in [0.29, 0.717) is 24.4 Å². The molecule has 1 amide bonds. The molecule has 2 aromatic rings. The molecule has 0 fully saturated rings. The summed E-state index contributed by atoms with van der Waals surface area (Å²) in [5, 5.41) is 7.03. The third kappa shape index (κ3) is 3.14. The Balaban J connectivity index is 2.20. The number of hydrogen-bond acceptors (Lipinski definition) is 4. The third-order valence-corrected chi connectivity index (χ3v) is 2.93. The quantitative estimate of drug-likeness (QED) is 0.899. The van der Waals surface area contributed by atoms with E-state index >= 15 is 0 Å². The Morgan fingerprint density at radius 2 is 2.25 bits per heavy atom. The summed E-state index contributed by atoms with van der Waals surface area (Å²) < 4.78 is 6.62. The summed E-state index contributed by atoms with van der Waals surface area (Å²) in [4.78, 5) is 23.1. The molecule has 0 aliphatic heterocycles. The van der Waals surface area contributed by atoms with E-state index < -0.39 is 0 Å². The summed E-state index contributed by atoms with van der Waals surface area (Å²) in [6, 6.07) is 6.38. The zero-order valence-corrected chi connectivity index (χ0v) is 11.5. The summed E-state index contributed by atoms with van der Waals surface area (Å²) in [5.74, 6) is 0.552. The third-order valence-electron chi connectivity index (χ3n) is 2.93. The zero-order valence-electron chi connectivity index (χ0n) is 11.5. The molecule has 106 valence electrons. The van der Waals surface area contributed by atoms with Crippen LogP contribution < -0.4 is 10.9 Å². The van der Waals surface area contributed by atoms with Crippen LogP contribution in [0.25, 0.3) is 11.5 Å². The minimum absolute atomic E-state index is 0.0490. The van der Waals surface area contributed by atoms with Crippen LogP contribution in [0.2, 0.25) is 0 Å². The molecule has 2 aromatic heterocycles. The van der Waals surface area contributed by atoms with Crippen LogP contribution in [-0.4, -0.2) is 22.2 Å². The predicted molar refractivity (Wildman–Crippen MR) is 74.2 cm³/mol. The van der Waals surface area contributed by atoms with Crippen molar-refractivity contribution in [3.63, 3.8) is 0 Å². The largest absolute Gasteiger partial charge is 0.463 e. The van der Waals surface area contributed by atoms with Crippen molar-refractivity contribution in [2.45, 2.75) is 26.3 Å². The van der Waals surface area contributed by atoms with Crippen molar-refractivity contribution in [1.29, 1.82) is 0 Å². The SMILES string of the molecule is CCC(=O)NCC(C)n1nc(-c2ccco2)ccc1=O. The van der Waals surface area contributed by atoms with Gasteiger partial charge in [0.2, 0.25) is 5.91 Å². The fourth-order valence-electron chi connectivity index (χ4n) is 1.77. The van der Waals surface area contributed by atoms with E-state index in [4.69, 9.17) is 4.42 Å².